The molecule has 1 atom stereocenters. The van der Waals surface area contributed by atoms with Gasteiger partial charge in [-0.15, -0.1) is 0 Å². The molecule has 0 aromatic heterocycles. The number of carbonyl (C=O) groups excluding carboxylic acids is 3. The maximum Gasteiger partial charge on any atom is 0.224 e. The molecule has 1 aromatic carbocycles. The predicted octanol–water partition coefficient (Wildman–Crippen LogP) is 2.36. The Morgan fingerprint density at radius 2 is 1.88 bits per heavy atom. The summed E-state index contributed by atoms with van der Waals surface area (Å²) in [6, 6.07) is 7.08. The minimum atomic E-state index is -0.245. The first-order valence-corrected chi connectivity index (χ1v) is 8.65. The molecule has 6 heteroatoms. The largest absolute Gasteiger partial charge is 0.392 e. The van der Waals surface area contributed by atoms with Crippen LogP contribution in [-0.2, 0) is 21.0 Å². The molecule has 0 aliphatic rings. The Kier molecular flexibility index (Phi) is 9.47. The van der Waals surface area contributed by atoms with Gasteiger partial charge in [0.25, 0.3) is 0 Å². The molecule has 1 aromatic rings. The fourth-order valence-electron chi connectivity index (χ4n) is 2.33. The molecular formula is C19H28N2O4. The van der Waals surface area contributed by atoms with Crippen molar-refractivity contribution in [2.75, 3.05) is 18.9 Å². The molecule has 6 nitrogen and oxygen atoms in total. The summed E-state index contributed by atoms with van der Waals surface area (Å²) in [5.41, 5.74) is 1.52. The van der Waals surface area contributed by atoms with E-state index in [1.165, 1.54) is 0 Å². The highest BCUT2D eigenvalue weighted by atomic mass is 16.3. The van der Waals surface area contributed by atoms with Crippen LogP contribution in [0.15, 0.2) is 24.3 Å². The topological polar surface area (TPSA) is 86.7 Å². The standard InChI is InChI=1S/C19H28N2O4/c1-15(13-22)12-19(25)21(2)11-5-3-4-6-18(24)20-17-9-7-16(14-23)8-10-17/h7-10,13,15,23H,3-6,11-12,14H2,1-2H3,(H,20,24). The van der Waals surface area contributed by atoms with Crippen molar-refractivity contribution in [2.24, 2.45) is 5.92 Å². The molecule has 0 radical (unpaired) electrons. The minimum Gasteiger partial charge on any atom is -0.392 e. The molecule has 2 N–H and O–H groups in total. The van der Waals surface area contributed by atoms with Crippen LogP contribution in [0.2, 0.25) is 0 Å². The Bertz CT molecular complexity index is 557. The predicted molar refractivity (Wildman–Crippen MR) is 96.9 cm³/mol. The van der Waals surface area contributed by atoms with Gasteiger partial charge < -0.3 is 20.1 Å². The molecule has 0 fully saturated rings. The van der Waals surface area contributed by atoms with Gasteiger partial charge in [0.15, 0.2) is 0 Å². The lowest BCUT2D eigenvalue weighted by atomic mass is 10.1. The number of amides is 2. The number of carbonyl (C=O) groups is 3. The molecule has 0 aliphatic heterocycles. The summed E-state index contributed by atoms with van der Waals surface area (Å²) in [4.78, 5) is 35.9. The Labute approximate surface area is 149 Å². The second-order valence-corrected chi connectivity index (χ2v) is 6.35. The molecule has 2 amide bonds. The third-order valence-corrected chi connectivity index (χ3v) is 3.97. The third-order valence-electron chi connectivity index (χ3n) is 3.97. The molecule has 0 saturated carbocycles. The van der Waals surface area contributed by atoms with Crippen molar-refractivity contribution in [2.45, 2.75) is 45.6 Å². The van der Waals surface area contributed by atoms with E-state index >= 15 is 0 Å². The van der Waals surface area contributed by atoms with Crippen LogP contribution < -0.4 is 5.32 Å². The van der Waals surface area contributed by atoms with Crippen molar-refractivity contribution in [1.29, 1.82) is 0 Å². The number of nitrogens with zero attached hydrogens (tertiary/aromatic N) is 1. The van der Waals surface area contributed by atoms with E-state index in [1.54, 1.807) is 43.1 Å². The van der Waals surface area contributed by atoms with E-state index in [0.717, 1.165) is 36.8 Å². The zero-order valence-corrected chi connectivity index (χ0v) is 15.0. The van der Waals surface area contributed by atoms with Crippen LogP contribution in [0.25, 0.3) is 0 Å². The molecule has 1 unspecified atom stereocenters. The Morgan fingerprint density at radius 1 is 1.20 bits per heavy atom. The number of hydrogen-bond donors (Lipinski definition) is 2. The van der Waals surface area contributed by atoms with E-state index in [2.05, 4.69) is 5.32 Å². The van der Waals surface area contributed by atoms with Crippen molar-refractivity contribution in [1.82, 2.24) is 4.90 Å². The van der Waals surface area contributed by atoms with E-state index in [0.29, 0.717) is 13.0 Å². The molecule has 0 saturated heterocycles. The van der Waals surface area contributed by atoms with Crippen LogP contribution in [0.3, 0.4) is 0 Å². The van der Waals surface area contributed by atoms with Crippen LogP contribution in [-0.4, -0.2) is 41.7 Å². The van der Waals surface area contributed by atoms with E-state index in [4.69, 9.17) is 5.11 Å². The molecule has 25 heavy (non-hydrogen) atoms. The van der Waals surface area contributed by atoms with E-state index in [-0.39, 0.29) is 30.8 Å². The maximum atomic E-state index is 11.9. The van der Waals surface area contributed by atoms with Crippen LogP contribution >= 0.6 is 0 Å². The van der Waals surface area contributed by atoms with Crippen molar-refractivity contribution in [3.05, 3.63) is 29.8 Å². The van der Waals surface area contributed by atoms with Crippen molar-refractivity contribution in [3.8, 4) is 0 Å². The Balaban J connectivity index is 2.16. The molecule has 1 rings (SSSR count). The van der Waals surface area contributed by atoms with Gasteiger partial charge in [-0.3, -0.25) is 9.59 Å². The number of benzene rings is 1. The zero-order chi connectivity index (χ0) is 18.7. The molecule has 0 bridgehead atoms. The first kappa shape index (κ1) is 20.8. The van der Waals surface area contributed by atoms with Crippen LogP contribution in [0.5, 0.6) is 0 Å². The number of hydrogen-bond acceptors (Lipinski definition) is 4. The van der Waals surface area contributed by atoms with Gasteiger partial charge in [-0.25, -0.2) is 0 Å². The molecule has 138 valence electrons. The monoisotopic (exact) mass is 348 g/mol. The first-order valence-electron chi connectivity index (χ1n) is 8.65. The zero-order valence-electron chi connectivity index (χ0n) is 15.0. The lowest BCUT2D eigenvalue weighted by Gasteiger charge is -2.17. The fraction of sp³-hybridized carbons (Fsp3) is 0.526. The molecule has 0 spiro atoms. The van der Waals surface area contributed by atoms with Crippen molar-refractivity contribution < 1.29 is 19.5 Å². The van der Waals surface area contributed by atoms with Gasteiger partial charge in [-0.1, -0.05) is 25.5 Å². The average molecular weight is 348 g/mol. The minimum absolute atomic E-state index is 0.0146. The van der Waals surface area contributed by atoms with Gasteiger partial charge in [-0.2, -0.15) is 0 Å². The number of anilines is 1. The average Bonchev–Trinajstić information content (AvgIpc) is 2.61. The normalized spacial score (nSPS) is 11.6. The summed E-state index contributed by atoms with van der Waals surface area (Å²) in [6.45, 7) is 2.35. The van der Waals surface area contributed by atoms with Gasteiger partial charge >= 0.3 is 0 Å². The van der Waals surface area contributed by atoms with E-state index in [9.17, 15) is 14.4 Å². The summed E-state index contributed by atoms with van der Waals surface area (Å²) in [6.07, 6.45) is 3.92. The summed E-state index contributed by atoms with van der Waals surface area (Å²) in [5, 5.41) is 11.8. The number of nitrogens with one attached hydrogen (secondary N) is 1. The van der Waals surface area contributed by atoms with Crippen LogP contribution in [0, 0.1) is 5.92 Å². The van der Waals surface area contributed by atoms with Gasteiger partial charge in [0, 0.05) is 38.0 Å². The summed E-state index contributed by atoms with van der Waals surface area (Å²) < 4.78 is 0. The number of aliphatic hydroxyl groups is 1. The summed E-state index contributed by atoms with van der Waals surface area (Å²) >= 11 is 0. The quantitative estimate of drug-likeness (QED) is 0.475. The van der Waals surface area contributed by atoms with Crippen LogP contribution in [0.4, 0.5) is 5.69 Å². The number of rotatable bonds is 11. The van der Waals surface area contributed by atoms with Crippen LogP contribution in [0.1, 0.15) is 44.6 Å². The second-order valence-electron chi connectivity index (χ2n) is 6.35. The fourth-order valence-corrected chi connectivity index (χ4v) is 2.33. The molecule has 0 heterocycles. The van der Waals surface area contributed by atoms with Crippen molar-refractivity contribution in [3.63, 3.8) is 0 Å². The van der Waals surface area contributed by atoms with Gasteiger partial charge in [0.1, 0.15) is 6.29 Å². The maximum absolute atomic E-state index is 11.9. The van der Waals surface area contributed by atoms with Gasteiger partial charge in [-0.05, 0) is 30.5 Å². The van der Waals surface area contributed by atoms with E-state index in [1.807, 2.05) is 0 Å². The highest BCUT2D eigenvalue weighted by Crippen LogP contribution is 2.11. The van der Waals surface area contributed by atoms with Crippen molar-refractivity contribution >= 4 is 23.8 Å². The molecule has 0 aliphatic carbocycles. The van der Waals surface area contributed by atoms with Gasteiger partial charge in [0.05, 0.1) is 6.61 Å². The number of unbranched alkanes of at least 4 members (excludes halogenated alkanes) is 2. The lowest BCUT2D eigenvalue weighted by molar-refractivity contribution is -0.132. The highest BCUT2D eigenvalue weighted by Gasteiger charge is 2.12. The summed E-state index contributed by atoms with van der Waals surface area (Å²) in [7, 11) is 1.74. The lowest BCUT2D eigenvalue weighted by Crippen LogP contribution is -2.29. The third kappa shape index (κ3) is 8.44. The second kappa shape index (κ2) is 11.4. The first-order chi connectivity index (χ1) is 12.0. The smallest absolute Gasteiger partial charge is 0.224 e. The number of aliphatic hydroxyl groups excluding tert-OH is 1. The Hall–Kier alpha value is -2.21. The van der Waals surface area contributed by atoms with Gasteiger partial charge in [0.2, 0.25) is 11.8 Å². The SMILES string of the molecule is CC(C=O)CC(=O)N(C)CCCCCC(=O)Nc1ccc(CO)cc1. The highest BCUT2D eigenvalue weighted by molar-refractivity contribution is 5.90. The molecular weight excluding hydrogens is 320 g/mol. The number of aldehydes is 1. The summed E-state index contributed by atoms with van der Waals surface area (Å²) in [5.74, 6) is -0.310. The Morgan fingerprint density at radius 3 is 2.48 bits per heavy atom. The van der Waals surface area contributed by atoms with E-state index < -0.39 is 0 Å².